The predicted octanol–water partition coefficient (Wildman–Crippen LogP) is 1.28. The zero-order valence-corrected chi connectivity index (χ0v) is 11.1. The van der Waals surface area contributed by atoms with Crippen molar-refractivity contribution in [2.75, 3.05) is 12.3 Å². The van der Waals surface area contributed by atoms with Gasteiger partial charge in [-0.3, -0.25) is 4.68 Å². The Bertz CT molecular complexity index is 824. The van der Waals surface area contributed by atoms with Gasteiger partial charge in [0.05, 0.1) is 24.5 Å². The summed E-state index contributed by atoms with van der Waals surface area (Å²) in [7, 11) is 1.79. The first-order valence-corrected chi connectivity index (χ1v) is 6.16. The van der Waals surface area contributed by atoms with Crippen LogP contribution in [0.4, 0.5) is 5.82 Å². The van der Waals surface area contributed by atoms with Gasteiger partial charge >= 0.3 is 5.97 Å². The molecule has 7 heteroatoms. The van der Waals surface area contributed by atoms with Crippen LogP contribution in [0.1, 0.15) is 17.4 Å². The standard InChI is InChI=1S/C13H13N5O2/c1-3-20-13(19)9-4-7-8-5-16-18(2)11(8)12(14)17-10(7)6-15-9/h4-6H,3H2,1-2H3,(H2,14,17). The number of nitrogens with zero attached hydrogens (tertiary/aromatic N) is 4. The zero-order chi connectivity index (χ0) is 14.3. The molecule has 0 atom stereocenters. The monoisotopic (exact) mass is 271 g/mol. The first-order valence-electron chi connectivity index (χ1n) is 6.16. The van der Waals surface area contributed by atoms with E-state index in [1.54, 1.807) is 30.9 Å². The maximum Gasteiger partial charge on any atom is 0.356 e. The van der Waals surface area contributed by atoms with Crippen LogP contribution in [0.2, 0.25) is 0 Å². The molecule has 0 fully saturated rings. The molecule has 0 bridgehead atoms. The highest BCUT2D eigenvalue weighted by molar-refractivity contribution is 6.09. The number of esters is 1. The average molecular weight is 271 g/mol. The molecule has 7 nitrogen and oxygen atoms in total. The van der Waals surface area contributed by atoms with Crippen LogP contribution < -0.4 is 5.73 Å². The third-order valence-corrected chi connectivity index (χ3v) is 3.08. The molecule has 0 saturated carbocycles. The maximum absolute atomic E-state index is 11.7. The van der Waals surface area contributed by atoms with Crippen molar-refractivity contribution in [3.05, 3.63) is 24.2 Å². The lowest BCUT2D eigenvalue weighted by molar-refractivity contribution is 0.0520. The Kier molecular flexibility index (Phi) is 2.74. The molecule has 0 radical (unpaired) electrons. The molecule has 0 spiro atoms. The minimum Gasteiger partial charge on any atom is -0.461 e. The summed E-state index contributed by atoms with van der Waals surface area (Å²) in [5.41, 5.74) is 7.52. The molecule has 0 aliphatic rings. The maximum atomic E-state index is 11.7. The summed E-state index contributed by atoms with van der Waals surface area (Å²) in [5.74, 6) is -0.0681. The van der Waals surface area contributed by atoms with Crippen LogP contribution in [0.3, 0.4) is 0 Å². The molecule has 0 unspecified atom stereocenters. The third kappa shape index (κ3) is 1.75. The van der Waals surface area contributed by atoms with Crippen molar-refractivity contribution in [1.82, 2.24) is 19.7 Å². The van der Waals surface area contributed by atoms with Gasteiger partial charge in [-0.2, -0.15) is 5.10 Å². The summed E-state index contributed by atoms with van der Waals surface area (Å²) < 4.78 is 6.60. The number of ether oxygens (including phenoxy) is 1. The number of carbonyl (C=O) groups is 1. The van der Waals surface area contributed by atoms with Gasteiger partial charge in [-0.1, -0.05) is 0 Å². The molecule has 3 aromatic heterocycles. The number of fused-ring (bicyclic) bond motifs is 3. The van der Waals surface area contributed by atoms with Crippen molar-refractivity contribution < 1.29 is 9.53 Å². The van der Waals surface area contributed by atoms with Crippen molar-refractivity contribution in [3.63, 3.8) is 0 Å². The smallest absolute Gasteiger partial charge is 0.356 e. The molecule has 0 aliphatic heterocycles. The van der Waals surface area contributed by atoms with Crippen LogP contribution >= 0.6 is 0 Å². The highest BCUT2D eigenvalue weighted by Gasteiger charge is 2.14. The zero-order valence-electron chi connectivity index (χ0n) is 11.1. The Labute approximate surface area is 114 Å². The van der Waals surface area contributed by atoms with Gasteiger partial charge in [-0.05, 0) is 13.0 Å². The van der Waals surface area contributed by atoms with Gasteiger partial charge < -0.3 is 10.5 Å². The Morgan fingerprint density at radius 3 is 2.95 bits per heavy atom. The summed E-state index contributed by atoms with van der Waals surface area (Å²) in [4.78, 5) is 20.1. The molecule has 2 N–H and O–H groups in total. The number of rotatable bonds is 2. The van der Waals surface area contributed by atoms with Crippen LogP contribution in [0.25, 0.3) is 21.8 Å². The molecule has 0 aliphatic carbocycles. The second-order valence-corrected chi connectivity index (χ2v) is 4.33. The van der Waals surface area contributed by atoms with Crippen molar-refractivity contribution >= 4 is 33.6 Å². The van der Waals surface area contributed by atoms with Crippen LogP contribution in [0.5, 0.6) is 0 Å². The van der Waals surface area contributed by atoms with Gasteiger partial charge in [0.15, 0.2) is 0 Å². The van der Waals surface area contributed by atoms with Crippen molar-refractivity contribution in [1.29, 1.82) is 0 Å². The molecule has 0 saturated heterocycles. The van der Waals surface area contributed by atoms with E-state index in [2.05, 4.69) is 15.1 Å². The number of hydrogen-bond donors (Lipinski definition) is 1. The average Bonchev–Trinajstić information content (AvgIpc) is 2.82. The number of hydrogen-bond acceptors (Lipinski definition) is 6. The SMILES string of the molecule is CCOC(=O)c1cc2c(cn1)nc(N)c1c2cnn1C. The summed E-state index contributed by atoms with van der Waals surface area (Å²) >= 11 is 0. The lowest BCUT2D eigenvalue weighted by Gasteiger charge is -2.05. The summed E-state index contributed by atoms with van der Waals surface area (Å²) in [6.45, 7) is 2.06. The van der Waals surface area contributed by atoms with Crippen molar-refractivity contribution in [3.8, 4) is 0 Å². The number of nitrogens with two attached hydrogens (primary N) is 1. The predicted molar refractivity (Wildman–Crippen MR) is 74.2 cm³/mol. The minimum atomic E-state index is -0.455. The fourth-order valence-corrected chi connectivity index (χ4v) is 2.19. The van der Waals surface area contributed by atoms with E-state index >= 15 is 0 Å². The first-order chi connectivity index (χ1) is 9.61. The Balaban J connectivity index is 2.30. The van der Waals surface area contributed by atoms with E-state index in [0.717, 1.165) is 16.3 Å². The third-order valence-electron chi connectivity index (χ3n) is 3.08. The van der Waals surface area contributed by atoms with Crippen LogP contribution in [-0.4, -0.2) is 32.3 Å². The molecule has 102 valence electrons. The Hall–Kier alpha value is -2.70. The Morgan fingerprint density at radius 2 is 2.20 bits per heavy atom. The quantitative estimate of drug-likeness (QED) is 0.705. The van der Waals surface area contributed by atoms with Crippen molar-refractivity contribution in [2.24, 2.45) is 7.05 Å². The van der Waals surface area contributed by atoms with Gasteiger partial charge in [-0.15, -0.1) is 0 Å². The number of anilines is 1. The van der Waals surface area contributed by atoms with Gasteiger partial charge in [0, 0.05) is 17.8 Å². The van der Waals surface area contributed by atoms with Crippen LogP contribution in [0.15, 0.2) is 18.5 Å². The van der Waals surface area contributed by atoms with Gasteiger partial charge in [0.1, 0.15) is 17.0 Å². The van der Waals surface area contributed by atoms with E-state index in [0.29, 0.717) is 17.9 Å². The molecular formula is C13H13N5O2. The normalized spacial score (nSPS) is 11.1. The van der Waals surface area contributed by atoms with E-state index in [-0.39, 0.29) is 5.69 Å². The van der Waals surface area contributed by atoms with Gasteiger partial charge in [-0.25, -0.2) is 14.8 Å². The topological polar surface area (TPSA) is 95.9 Å². The fraction of sp³-hybridized carbons (Fsp3) is 0.231. The van der Waals surface area contributed by atoms with E-state index in [1.807, 2.05) is 0 Å². The van der Waals surface area contributed by atoms with Crippen molar-refractivity contribution in [2.45, 2.75) is 6.92 Å². The molecular weight excluding hydrogens is 258 g/mol. The molecule has 0 amide bonds. The number of nitrogen functional groups attached to an aromatic ring is 1. The van der Waals surface area contributed by atoms with E-state index < -0.39 is 5.97 Å². The van der Waals surface area contributed by atoms with Crippen LogP contribution in [0, 0.1) is 0 Å². The van der Waals surface area contributed by atoms with Crippen LogP contribution in [-0.2, 0) is 11.8 Å². The van der Waals surface area contributed by atoms with Gasteiger partial charge in [0.25, 0.3) is 0 Å². The lowest BCUT2D eigenvalue weighted by Crippen LogP contribution is -2.07. The highest BCUT2D eigenvalue weighted by atomic mass is 16.5. The molecule has 20 heavy (non-hydrogen) atoms. The van der Waals surface area contributed by atoms with E-state index in [9.17, 15) is 4.79 Å². The Morgan fingerprint density at radius 1 is 1.40 bits per heavy atom. The largest absolute Gasteiger partial charge is 0.461 e. The summed E-state index contributed by atoms with van der Waals surface area (Å²) in [6, 6.07) is 1.66. The molecule has 0 aromatic carbocycles. The number of aryl methyl sites for hydroxylation is 1. The summed E-state index contributed by atoms with van der Waals surface area (Å²) in [5, 5.41) is 5.79. The highest BCUT2D eigenvalue weighted by Crippen LogP contribution is 2.27. The fourth-order valence-electron chi connectivity index (χ4n) is 2.19. The molecule has 3 rings (SSSR count). The minimum absolute atomic E-state index is 0.246. The second-order valence-electron chi connectivity index (χ2n) is 4.33. The lowest BCUT2D eigenvalue weighted by atomic mass is 10.1. The molecule has 3 heterocycles. The molecule has 3 aromatic rings. The van der Waals surface area contributed by atoms with Gasteiger partial charge in [0.2, 0.25) is 0 Å². The number of carbonyl (C=O) groups excluding carboxylic acids is 1. The van der Waals surface area contributed by atoms with E-state index in [4.69, 9.17) is 10.5 Å². The summed E-state index contributed by atoms with van der Waals surface area (Å²) in [6.07, 6.45) is 3.22. The number of pyridine rings is 2. The number of aromatic nitrogens is 4. The van der Waals surface area contributed by atoms with E-state index in [1.165, 1.54) is 6.20 Å². The second kappa shape index (κ2) is 4.44. The first kappa shape index (κ1) is 12.3.